The summed E-state index contributed by atoms with van der Waals surface area (Å²) in [5.41, 5.74) is 0.521. The molecule has 1 aliphatic heterocycles. The minimum absolute atomic E-state index is 0.0103. The van der Waals surface area contributed by atoms with Crippen molar-refractivity contribution in [3.05, 3.63) is 35.0 Å². The topological polar surface area (TPSA) is 140 Å². The van der Waals surface area contributed by atoms with Crippen LogP contribution in [0, 0.1) is 11.3 Å². The summed E-state index contributed by atoms with van der Waals surface area (Å²) in [5, 5.41) is 18.9. The zero-order valence-corrected chi connectivity index (χ0v) is 20.3. The molecule has 1 saturated heterocycles. The Kier molecular flexibility index (Phi) is 7.86. The molecule has 3 rings (SSSR count). The summed E-state index contributed by atoms with van der Waals surface area (Å²) in [5.74, 6) is -3.03. The summed E-state index contributed by atoms with van der Waals surface area (Å²) in [6.45, 7) is 6.33. The second-order valence-electron chi connectivity index (χ2n) is 9.94. The van der Waals surface area contributed by atoms with Crippen LogP contribution in [0.1, 0.15) is 56.9 Å². The van der Waals surface area contributed by atoms with E-state index in [1.165, 1.54) is 0 Å². The Morgan fingerprint density at radius 2 is 1.94 bits per heavy atom. The first kappa shape index (κ1) is 25.6. The molecule has 0 aliphatic carbocycles. The van der Waals surface area contributed by atoms with Crippen molar-refractivity contribution in [2.24, 2.45) is 11.3 Å². The molecule has 5 N–H and O–H groups in total. The molecule has 0 spiro atoms. The SMILES string of the molecule is CC(C)(C)CC(NC(=O)c1cc2cccc(Cl)c2[nH]1)C(=O)NC(CC1CCCNC1=O)C(=O)O. The van der Waals surface area contributed by atoms with Gasteiger partial charge in [0.25, 0.3) is 5.91 Å². The average molecular weight is 491 g/mol. The van der Waals surface area contributed by atoms with Crippen LogP contribution in [-0.4, -0.2) is 52.4 Å². The number of carbonyl (C=O) groups is 4. The van der Waals surface area contributed by atoms with Crippen molar-refractivity contribution in [3.8, 4) is 0 Å². The Labute approximate surface area is 203 Å². The number of nitrogens with one attached hydrogen (secondary N) is 4. The lowest BCUT2D eigenvalue weighted by atomic mass is 9.87. The van der Waals surface area contributed by atoms with E-state index in [0.717, 1.165) is 11.8 Å². The van der Waals surface area contributed by atoms with E-state index in [4.69, 9.17) is 11.6 Å². The van der Waals surface area contributed by atoms with Gasteiger partial charge in [-0.25, -0.2) is 4.79 Å². The number of hydrogen-bond acceptors (Lipinski definition) is 4. The fraction of sp³-hybridized carbons (Fsp3) is 0.500. The Morgan fingerprint density at radius 1 is 1.21 bits per heavy atom. The lowest BCUT2D eigenvalue weighted by molar-refractivity contribution is -0.143. The third kappa shape index (κ3) is 6.50. The number of H-pyrrole nitrogens is 1. The maximum Gasteiger partial charge on any atom is 0.326 e. The van der Waals surface area contributed by atoms with Crippen LogP contribution in [-0.2, 0) is 14.4 Å². The molecule has 10 heteroatoms. The van der Waals surface area contributed by atoms with E-state index in [1.807, 2.05) is 26.8 Å². The molecule has 3 unspecified atom stereocenters. The largest absolute Gasteiger partial charge is 0.480 e. The van der Waals surface area contributed by atoms with Crippen LogP contribution >= 0.6 is 11.6 Å². The molecule has 1 aromatic heterocycles. The van der Waals surface area contributed by atoms with Gasteiger partial charge in [-0.15, -0.1) is 0 Å². The average Bonchev–Trinajstić information content (AvgIpc) is 3.19. The maximum absolute atomic E-state index is 13.1. The van der Waals surface area contributed by atoms with Crippen LogP contribution < -0.4 is 16.0 Å². The van der Waals surface area contributed by atoms with Gasteiger partial charge in [-0.1, -0.05) is 44.5 Å². The van der Waals surface area contributed by atoms with E-state index in [-0.39, 0.29) is 29.9 Å². The molecular formula is C24H31ClN4O5. The van der Waals surface area contributed by atoms with Crippen LogP contribution in [0.2, 0.25) is 5.02 Å². The zero-order chi connectivity index (χ0) is 25.0. The number of halogens is 1. The van der Waals surface area contributed by atoms with Crippen LogP contribution in [0.15, 0.2) is 24.3 Å². The third-order valence-corrected chi connectivity index (χ3v) is 6.14. The summed E-state index contributed by atoms with van der Waals surface area (Å²) < 4.78 is 0. The maximum atomic E-state index is 13.1. The highest BCUT2D eigenvalue weighted by Gasteiger charge is 2.33. The number of aromatic nitrogens is 1. The van der Waals surface area contributed by atoms with E-state index in [2.05, 4.69) is 20.9 Å². The molecule has 2 aromatic rings. The molecule has 1 fully saturated rings. The number of carboxylic acid groups (broad SMARTS) is 1. The Morgan fingerprint density at radius 3 is 2.56 bits per heavy atom. The Balaban J connectivity index is 1.76. The highest BCUT2D eigenvalue weighted by Crippen LogP contribution is 2.25. The molecule has 0 radical (unpaired) electrons. The first-order valence-corrected chi connectivity index (χ1v) is 11.7. The van der Waals surface area contributed by atoms with Crippen molar-refractivity contribution < 1.29 is 24.3 Å². The standard InChI is InChI=1S/C24H31ClN4O5/c1-24(2,3)12-18(29-21(31)16-10-13-6-4-8-15(25)19(13)27-16)22(32)28-17(23(33)34)11-14-7-5-9-26-20(14)30/h4,6,8,10,14,17-18,27H,5,7,9,11-12H2,1-3H3,(H,26,30)(H,28,32)(H,29,31)(H,33,34). The van der Waals surface area contributed by atoms with Gasteiger partial charge in [0, 0.05) is 17.8 Å². The fourth-order valence-corrected chi connectivity index (χ4v) is 4.37. The minimum Gasteiger partial charge on any atom is -0.480 e. The van der Waals surface area contributed by atoms with Crippen molar-refractivity contribution in [1.82, 2.24) is 20.9 Å². The summed E-state index contributed by atoms with van der Waals surface area (Å²) in [6, 6.07) is 4.71. The predicted octanol–water partition coefficient (Wildman–Crippen LogP) is 2.84. The second-order valence-corrected chi connectivity index (χ2v) is 10.4. The van der Waals surface area contributed by atoms with Crippen LogP contribution in [0.5, 0.6) is 0 Å². The molecule has 1 aromatic carbocycles. The van der Waals surface area contributed by atoms with Gasteiger partial charge in [-0.05, 0) is 43.2 Å². The van der Waals surface area contributed by atoms with Crippen LogP contribution in [0.4, 0.5) is 0 Å². The van der Waals surface area contributed by atoms with Crippen molar-refractivity contribution in [2.75, 3.05) is 6.54 Å². The van der Waals surface area contributed by atoms with Gasteiger partial charge in [0.1, 0.15) is 17.8 Å². The van der Waals surface area contributed by atoms with Gasteiger partial charge in [0.15, 0.2) is 0 Å². The van der Waals surface area contributed by atoms with Gasteiger partial charge in [0.2, 0.25) is 11.8 Å². The van der Waals surface area contributed by atoms with Crippen LogP contribution in [0.3, 0.4) is 0 Å². The Bertz CT molecular complexity index is 1090. The van der Waals surface area contributed by atoms with Crippen LogP contribution in [0.25, 0.3) is 10.9 Å². The monoisotopic (exact) mass is 490 g/mol. The molecule has 34 heavy (non-hydrogen) atoms. The molecule has 2 heterocycles. The smallest absolute Gasteiger partial charge is 0.326 e. The molecule has 0 saturated carbocycles. The highest BCUT2D eigenvalue weighted by atomic mass is 35.5. The van der Waals surface area contributed by atoms with E-state index in [9.17, 15) is 24.3 Å². The minimum atomic E-state index is -1.24. The number of benzene rings is 1. The van der Waals surface area contributed by atoms with Gasteiger partial charge in [0.05, 0.1) is 10.5 Å². The molecule has 0 bridgehead atoms. The highest BCUT2D eigenvalue weighted by molar-refractivity contribution is 6.35. The number of rotatable bonds is 8. The lowest BCUT2D eigenvalue weighted by Crippen LogP contribution is -2.53. The Hall–Kier alpha value is -3.07. The number of hydrogen-bond donors (Lipinski definition) is 5. The molecule has 1 aliphatic rings. The summed E-state index contributed by atoms with van der Waals surface area (Å²) in [7, 11) is 0. The normalized spacial score (nSPS) is 18.1. The van der Waals surface area contributed by atoms with E-state index in [0.29, 0.717) is 23.5 Å². The van der Waals surface area contributed by atoms with E-state index < -0.39 is 35.8 Å². The second kappa shape index (κ2) is 10.5. The number of para-hydroxylation sites is 1. The van der Waals surface area contributed by atoms with Crippen molar-refractivity contribution in [2.45, 2.75) is 58.5 Å². The predicted molar refractivity (Wildman–Crippen MR) is 129 cm³/mol. The van der Waals surface area contributed by atoms with E-state index in [1.54, 1.807) is 18.2 Å². The van der Waals surface area contributed by atoms with E-state index >= 15 is 0 Å². The summed E-state index contributed by atoms with van der Waals surface area (Å²) in [4.78, 5) is 53.0. The molecule has 9 nitrogen and oxygen atoms in total. The van der Waals surface area contributed by atoms with Gasteiger partial charge in [-0.2, -0.15) is 0 Å². The first-order valence-electron chi connectivity index (χ1n) is 11.3. The number of aromatic amines is 1. The zero-order valence-electron chi connectivity index (χ0n) is 19.5. The quantitative estimate of drug-likeness (QED) is 0.387. The lowest BCUT2D eigenvalue weighted by Gasteiger charge is -2.29. The fourth-order valence-electron chi connectivity index (χ4n) is 4.14. The van der Waals surface area contributed by atoms with Crippen molar-refractivity contribution >= 4 is 46.2 Å². The number of fused-ring (bicyclic) bond motifs is 1. The number of aliphatic carboxylic acids is 1. The molecule has 3 atom stereocenters. The van der Waals surface area contributed by atoms with Crippen molar-refractivity contribution in [3.63, 3.8) is 0 Å². The van der Waals surface area contributed by atoms with Gasteiger partial charge >= 0.3 is 5.97 Å². The first-order chi connectivity index (χ1) is 15.9. The summed E-state index contributed by atoms with van der Waals surface area (Å²) >= 11 is 6.18. The number of piperidine rings is 1. The number of amides is 3. The summed E-state index contributed by atoms with van der Waals surface area (Å²) in [6.07, 6.45) is 1.59. The molecule has 3 amide bonds. The number of carboxylic acids is 1. The molecule has 184 valence electrons. The van der Waals surface area contributed by atoms with Gasteiger partial charge in [-0.3, -0.25) is 14.4 Å². The molecular weight excluding hydrogens is 460 g/mol. The third-order valence-electron chi connectivity index (χ3n) is 5.82. The number of carbonyl (C=O) groups excluding carboxylic acids is 3. The van der Waals surface area contributed by atoms with Crippen molar-refractivity contribution in [1.29, 1.82) is 0 Å². The van der Waals surface area contributed by atoms with Gasteiger partial charge < -0.3 is 26.0 Å².